The molecule has 1 aliphatic heterocycles. The van der Waals surface area contributed by atoms with Gasteiger partial charge in [-0.3, -0.25) is 4.79 Å². The van der Waals surface area contributed by atoms with Gasteiger partial charge in [-0.25, -0.2) is 9.98 Å². The number of para-hydroxylation sites is 1. The van der Waals surface area contributed by atoms with Gasteiger partial charge in [-0.2, -0.15) is 0 Å². The summed E-state index contributed by atoms with van der Waals surface area (Å²) in [4.78, 5) is 25.6. The summed E-state index contributed by atoms with van der Waals surface area (Å²) in [6.07, 6.45) is 2.20. The lowest BCUT2D eigenvalue weighted by Gasteiger charge is -2.17. The number of nitrogens with one attached hydrogen (secondary N) is 2. The average Bonchev–Trinajstić information content (AvgIpc) is 3.24. The minimum Gasteiger partial charge on any atom is -0.363 e. The minimum atomic E-state index is 0. The molecule has 2 N–H and O–H groups in total. The summed E-state index contributed by atoms with van der Waals surface area (Å²) in [5.74, 6) is 1.70. The lowest BCUT2D eigenvalue weighted by atomic mass is 10.1. The maximum absolute atomic E-state index is 12.3. The van der Waals surface area contributed by atoms with Crippen molar-refractivity contribution >= 4 is 52.6 Å². The van der Waals surface area contributed by atoms with Crippen molar-refractivity contribution in [1.82, 2.24) is 20.5 Å². The summed E-state index contributed by atoms with van der Waals surface area (Å²) >= 11 is 0. The Kier molecular flexibility index (Phi) is 8.94. The van der Waals surface area contributed by atoms with Crippen LogP contribution in [-0.2, 0) is 11.3 Å². The molecule has 0 atom stereocenters. The van der Waals surface area contributed by atoms with Crippen LogP contribution in [-0.4, -0.2) is 62.0 Å². The van der Waals surface area contributed by atoms with Gasteiger partial charge in [0.2, 0.25) is 5.91 Å². The summed E-state index contributed by atoms with van der Waals surface area (Å²) in [6, 6.07) is 10.2. The number of amides is 1. The van der Waals surface area contributed by atoms with Crippen LogP contribution in [0.5, 0.6) is 0 Å². The average molecular weight is 510 g/mol. The third-order valence-electron chi connectivity index (χ3n) is 4.86. The van der Waals surface area contributed by atoms with E-state index in [0.29, 0.717) is 12.5 Å². The molecular weight excluding hydrogens is 479 g/mol. The van der Waals surface area contributed by atoms with Crippen molar-refractivity contribution in [3.8, 4) is 0 Å². The molecule has 1 aromatic heterocycles. The molecule has 0 unspecified atom stereocenters. The van der Waals surface area contributed by atoms with Crippen LogP contribution in [0.1, 0.15) is 25.3 Å². The Bertz CT molecular complexity index is 848. The number of halogens is 1. The molecule has 158 valence electrons. The van der Waals surface area contributed by atoms with E-state index in [1.807, 2.05) is 49.0 Å². The van der Waals surface area contributed by atoms with Gasteiger partial charge in [-0.05, 0) is 37.5 Å². The van der Waals surface area contributed by atoms with Crippen LogP contribution >= 0.6 is 24.0 Å². The van der Waals surface area contributed by atoms with Crippen molar-refractivity contribution in [2.75, 3.05) is 45.2 Å². The van der Waals surface area contributed by atoms with Crippen molar-refractivity contribution in [2.24, 2.45) is 4.99 Å². The highest BCUT2D eigenvalue weighted by atomic mass is 127. The molecule has 1 aliphatic rings. The number of hydrogen-bond donors (Lipinski definition) is 2. The number of fused-ring (bicyclic) bond motifs is 1. The number of carbonyl (C=O) groups excluding carboxylic acids is 1. The zero-order valence-electron chi connectivity index (χ0n) is 17.4. The van der Waals surface area contributed by atoms with Crippen molar-refractivity contribution < 1.29 is 4.79 Å². The fourth-order valence-electron chi connectivity index (χ4n) is 3.34. The van der Waals surface area contributed by atoms with E-state index >= 15 is 0 Å². The Morgan fingerprint density at radius 2 is 1.93 bits per heavy atom. The molecule has 0 bridgehead atoms. The van der Waals surface area contributed by atoms with Crippen LogP contribution in [0.15, 0.2) is 35.3 Å². The van der Waals surface area contributed by atoms with Crippen LogP contribution < -0.4 is 15.5 Å². The summed E-state index contributed by atoms with van der Waals surface area (Å²) in [6.45, 7) is 5.27. The third kappa shape index (κ3) is 6.19. The quantitative estimate of drug-likeness (QED) is 0.355. The molecule has 1 saturated heterocycles. The van der Waals surface area contributed by atoms with Crippen LogP contribution in [0.3, 0.4) is 0 Å². The van der Waals surface area contributed by atoms with Gasteiger partial charge < -0.3 is 20.4 Å². The van der Waals surface area contributed by atoms with E-state index in [4.69, 9.17) is 9.98 Å². The highest BCUT2D eigenvalue weighted by Gasteiger charge is 2.17. The molecule has 2 aromatic rings. The second-order valence-electron chi connectivity index (χ2n) is 7.19. The number of benzene rings is 1. The molecule has 0 saturated carbocycles. The maximum atomic E-state index is 12.3. The number of aliphatic imine (C=N–C) groups is 1. The van der Waals surface area contributed by atoms with Crippen LogP contribution in [0, 0.1) is 0 Å². The van der Waals surface area contributed by atoms with Gasteiger partial charge >= 0.3 is 0 Å². The highest BCUT2D eigenvalue weighted by molar-refractivity contribution is 14.0. The monoisotopic (exact) mass is 510 g/mol. The van der Waals surface area contributed by atoms with Gasteiger partial charge in [0.15, 0.2) is 5.96 Å². The topological polar surface area (TPSA) is 72.9 Å². The Hall–Kier alpha value is -2.10. The van der Waals surface area contributed by atoms with Crippen molar-refractivity contribution in [3.63, 3.8) is 0 Å². The molecule has 1 aromatic carbocycles. The summed E-state index contributed by atoms with van der Waals surface area (Å²) in [7, 11) is 3.97. The van der Waals surface area contributed by atoms with Gasteiger partial charge in [0.1, 0.15) is 5.82 Å². The Morgan fingerprint density at radius 3 is 2.62 bits per heavy atom. The molecule has 8 heteroatoms. The molecule has 1 fully saturated rings. The Morgan fingerprint density at radius 1 is 1.21 bits per heavy atom. The van der Waals surface area contributed by atoms with Crippen LogP contribution in [0.4, 0.5) is 5.82 Å². The highest BCUT2D eigenvalue weighted by Crippen LogP contribution is 2.22. The van der Waals surface area contributed by atoms with Gasteiger partial charge in [-0.15, -0.1) is 24.0 Å². The first-order valence-corrected chi connectivity index (χ1v) is 9.94. The zero-order valence-corrected chi connectivity index (χ0v) is 19.8. The number of rotatable bonds is 6. The molecule has 3 rings (SSSR count). The molecule has 1 amide bonds. The molecular formula is C21H31IN6O. The molecule has 0 aliphatic carbocycles. The van der Waals surface area contributed by atoms with E-state index in [2.05, 4.69) is 22.8 Å². The lowest BCUT2D eigenvalue weighted by Crippen LogP contribution is -2.44. The fraction of sp³-hybridized carbons (Fsp3) is 0.476. The van der Waals surface area contributed by atoms with Crippen molar-refractivity contribution in [2.45, 2.75) is 26.3 Å². The minimum absolute atomic E-state index is 0. The largest absolute Gasteiger partial charge is 0.363 e. The van der Waals surface area contributed by atoms with E-state index in [1.54, 1.807) is 0 Å². The Labute approximate surface area is 190 Å². The lowest BCUT2D eigenvalue weighted by molar-refractivity contribution is -0.128. The van der Waals surface area contributed by atoms with Crippen molar-refractivity contribution in [1.29, 1.82) is 0 Å². The van der Waals surface area contributed by atoms with Gasteiger partial charge in [-0.1, -0.05) is 18.2 Å². The van der Waals surface area contributed by atoms with E-state index in [0.717, 1.165) is 54.8 Å². The normalized spacial score (nSPS) is 13.9. The number of likely N-dealkylation sites (tertiary alicyclic amines) is 1. The molecule has 0 radical (unpaired) electrons. The summed E-state index contributed by atoms with van der Waals surface area (Å²) in [5.41, 5.74) is 2.07. The smallest absolute Gasteiger partial charge is 0.241 e. The first-order valence-electron chi connectivity index (χ1n) is 9.94. The Balaban J connectivity index is 0.00000300. The predicted octanol–water partition coefficient (Wildman–Crippen LogP) is 2.60. The summed E-state index contributed by atoms with van der Waals surface area (Å²) in [5, 5.41) is 7.50. The number of pyridine rings is 1. The van der Waals surface area contributed by atoms with E-state index < -0.39 is 0 Å². The maximum Gasteiger partial charge on any atom is 0.241 e. The molecule has 0 spiro atoms. The van der Waals surface area contributed by atoms with E-state index in [-0.39, 0.29) is 36.4 Å². The van der Waals surface area contributed by atoms with E-state index in [1.165, 1.54) is 0 Å². The van der Waals surface area contributed by atoms with Gasteiger partial charge in [0, 0.05) is 39.1 Å². The predicted molar refractivity (Wildman–Crippen MR) is 130 cm³/mol. The zero-order chi connectivity index (χ0) is 19.9. The number of anilines is 1. The SMILES string of the molecule is CCNC(=NCc1cc(N(C)C)nc2ccccc12)NCC(=O)N1CCCC1.I. The number of aromatic nitrogens is 1. The fourth-order valence-corrected chi connectivity index (χ4v) is 3.34. The van der Waals surface area contributed by atoms with Crippen molar-refractivity contribution in [3.05, 3.63) is 35.9 Å². The number of hydrogen-bond acceptors (Lipinski definition) is 4. The molecule has 2 heterocycles. The first-order chi connectivity index (χ1) is 13.6. The second kappa shape index (κ2) is 11.2. The number of nitrogens with zero attached hydrogens (tertiary/aromatic N) is 4. The van der Waals surface area contributed by atoms with Gasteiger partial charge in [0.25, 0.3) is 0 Å². The standard InChI is InChI=1S/C21H30N6O.HI/c1-4-22-21(24-15-20(28)27-11-7-8-12-27)23-14-16-13-19(26(2)3)25-18-10-6-5-9-17(16)18;/h5-6,9-10,13H,4,7-8,11-12,14-15H2,1-3H3,(H2,22,23,24);1H. The molecule has 29 heavy (non-hydrogen) atoms. The van der Waals surface area contributed by atoms with Crippen LogP contribution in [0.25, 0.3) is 10.9 Å². The molecule has 7 nitrogen and oxygen atoms in total. The second-order valence-corrected chi connectivity index (χ2v) is 7.19. The summed E-state index contributed by atoms with van der Waals surface area (Å²) < 4.78 is 0. The third-order valence-corrected chi connectivity index (χ3v) is 4.86. The van der Waals surface area contributed by atoms with Gasteiger partial charge in [0.05, 0.1) is 18.6 Å². The number of carbonyl (C=O) groups is 1. The van der Waals surface area contributed by atoms with E-state index in [9.17, 15) is 4.79 Å². The first kappa shape index (κ1) is 23.2. The number of guanidine groups is 1. The van der Waals surface area contributed by atoms with Crippen LogP contribution in [0.2, 0.25) is 0 Å².